The molecule has 0 radical (unpaired) electrons. The van der Waals surface area contributed by atoms with E-state index in [-0.39, 0.29) is 22.5 Å². The molecule has 0 aliphatic carbocycles. The zero-order valence-corrected chi connectivity index (χ0v) is 11.8. The third-order valence-corrected chi connectivity index (χ3v) is 3.64. The first-order chi connectivity index (χ1) is 8.91. The van der Waals surface area contributed by atoms with Crippen LogP contribution in [0.4, 0.5) is 4.39 Å². The van der Waals surface area contributed by atoms with Crippen molar-refractivity contribution >= 4 is 12.2 Å². The molecule has 0 aliphatic heterocycles. The van der Waals surface area contributed by atoms with Gasteiger partial charge in [0.05, 0.1) is 6.04 Å². The summed E-state index contributed by atoms with van der Waals surface area (Å²) in [6.45, 7) is 5.68. The van der Waals surface area contributed by atoms with Gasteiger partial charge in [-0.3, -0.25) is 0 Å². The standard InChI is InChI=1S/C13H16FN3OS/c1-6-4-5-9(14)10(7(6)2)8(3)11(15)12-16-17-13(19)18-12/h4-5,8,11H,15H2,1-3H3,(H,17,19). The van der Waals surface area contributed by atoms with Crippen LogP contribution in [0.25, 0.3) is 0 Å². The molecule has 19 heavy (non-hydrogen) atoms. The Morgan fingerprint density at radius 1 is 1.42 bits per heavy atom. The summed E-state index contributed by atoms with van der Waals surface area (Å²) >= 11 is 4.81. The Bertz CT molecular complexity index is 650. The largest absolute Gasteiger partial charge is 0.412 e. The maximum absolute atomic E-state index is 14.0. The molecule has 4 nitrogen and oxygen atoms in total. The first-order valence-electron chi connectivity index (χ1n) is 5.98. The van der Waals surface area contributed by atoms with Crippen molar-refractivity contribution < 1.29 is 8.81 Å². The molecule has 1 aromatic carbocycles. The van der Waals surface area contributed by atoms with Gasteiger partial charge in [-0.15, -0.1) is 5.10 Å². The number of benzene rings is 1. The summed E-state index contributed by atoms with van der Waals surface area (Å²) < 4.78 is 19.2. The lowest BCUT2D eigenvalue weighted by molar-refractivity contribution is 0.406. The van der Waals surface area contributed by atoms with Crippen LogP contribution in [0.1, 0.15) is 41.5 Å². The second-order valence-corrected chi connectivity index (χ2v) is 5.04. The number of nitrogens with one attached hydrogen (secondary N) is 1. The van der Waals surface area contributed by atoms with Gasteiger partial charge >= 0.3 is 0 Å². The minimum Gasteiger partial charge on any atom is -0.412 e. The van der Waals surface area contributed by atoms with Crippen LogP contribution in [0, 0.1) is 24.5 Å². The van der Waals surface area contributed by atoms with Gasteiger partial charge in [-0.05, 0) is 48.8 Å². The molecule has 1 heterocycles. The van der Waals surface area contributed by atoms with Crippen LogP contribution in [0.15, 0.2) is 16.5 Å². The van der Waals surface area contributed by atoms with Crippen molar-refractivity contribution in [3.63, 3.8) is 0 Å². The van der Waals surface area contributed by atoms with Crippen molar-refractivity contribution in [2.75, 3.05) is 0 Å². The molecule has 0 saturated carbocycles. The number of aryl methyl sites for hydroxylation is 1. The number of aromatic amines is 1. The number of hydrogen-bond acceptors (Lipinski definition) is 4. The summed E-state index contributed by atoms with van der Waals surface area (Å²) in [4.78, 5) is 0.166. The van der Waals surface area contributed by atoms with Crippen LogP contribution in [0.2, 0.25) is 0 Å². The fraction of sp³-hybridized carbons (Fsp3) is 0.385. The minimum atomic E-state index is -0.553. The molecular weight excluding hydrogens is 265 g/mol. The van der Waals surface area contributed by atoms with E-state index in [1.807, 2.05) is 20.8 Å². The maximum atomic E-state index is 14.0. The van der Waals surface area contributed by atoms with E-state index < -0.39 is 6.04 Å². The molecule has 3 N–H and O–H groups in total. The van der Waals surface area contributed by atoms with Crippen molar-refractivity contribution in [2.24, 2.45) is 5.73 Å². The van der Waals surface area contributed by atoms with Gasteiger partial charge in [0.25, 0.3) is 4.84 Å². The zero-order valence-electron chi connectivity index (χ0n) is 11.0. The number of rotatable bonds is 3. The van der Waals surface area contributed by atoms with E-state index in [4.69, 9.17) is 22.4 Å². The second kappa shape index (κ2) is 5.22. The fourth-order valence-electron chi connectivity index (χ4n) is 2.14. The molecule has 6 heteroatoms. The van der Waals surface area contributed by atoms with Crippen LogP contribution in [0.5, 0.6) is 0 Å². The molecule has 2 atom stereocenters. The van der Waals surface area contributed by atoms with Crippen molar-refractivity contribution in [2.45, 2.75) is 32.7 Å². The summed E-state index contributed by atoms with van der Waals surface area (Å²) in [5.74, 6) is -0.237. The highest BCUT2D eigenvalue weighted by molar-refractivity contribution is 7.71. The molecule has 0 bridgehead atoms. The summed E-state index contributed by atoms with van der Waals surface area (Å²) in [5, 5.41) is 6.42. The van der Waals surface area contributed by atoms with Crippen molar-refractivity contribution in [3.8, 4) is 0 Å². The maximum Gasteiger partial charge on any atom is 0.284 e. The Morgan fingerprint density at radius 2 is 2.11 bits per heavy atom. The molecule has 1 aromatic heterocycles. The quantitative estimate of drug-likeness (QED) is 0.847. The zero-order chi connectivity index (χ0) is 14.2. The third-order valence-electron chi connectivity index (χ3n) is 3.47. The van der Waals surface area contributed by atoms with Crippen molar-refractivity contribution in [3.05, 3.63) is 45.4 Å². The lowest BCUT2D eigenvalue weighted by atomic mass is 9.88. The number of halogens is 1. The fourth-order valence-corrected chi connectivity index (χ4v) is 2.27. The number of hydrogen-bond donors (Lipinski definition) is 2. The SMILES string of the molecule is Cc1ccc(F)c(C(C)C(N)c2n[nH]c(=S)o2)c1C. The molecule has 0 spiro atoms. The van der Waals surface area contributed by atoms with E-state index in [2.05, 4.69) is 10.2 Å². The normalized spacial score (nSPS) is 14.4. The molecule has 2 rings (SSSR count). The number of H-pyrrole nitrogens is 1. The average Bonchev–Trinajstić information content (AvgIpc) is 2.80. The van der Waals surface area contributed by atoms with Gasteiger partial charge < -0.3 is 10.2 Å². The summed E-state index contributed by atoms with van der Waals surface area (Å²) in [6, 6.07) is 2.66. The highest BCUT2D eigenvalue weighted by Crippen LogP contribution is 2.32. The van der Waals surface area contributed by atoms with Crippen LogP contribution < -0.4 is 5.73 Å². The van der Waals surface area contributed by atoms with Gasteiger partial charge in [0.2, 0.25) is 5.89 Å². The van der Waals surface area contributed by atoms with E-state index in [0.29, 0.717) is 5.56 Å². The van der Waals surface area contributed by atoms with E-state index in [1.165, 1.54) is 6.07 Å². The molecule has 2 unspecified atom stereocenters. The molecule has 0 saturated heterocycles. The van der Waals surface area contributed by atoms with E-state index in [1.54, 1.807) is 6.07 Å². The first kappa shape index (κ1) is 13.9. The molecular formula is C13H16FN3OS. The Kier molecular flexibility index (Phi) is 3.82. The van der Waals surface area contributed by atoms with Crippen LogP contribution >= 0.6 is 12.2 Å². The monoisotopic (exact) mass is 281 g/mol. The number of aromatic nitrogens is 2. The van der Waals surface area contributed by atoms with Gasteiger partial charge in [-0.25, -0.2) is 9.49 Å². The molecule has 0 fully saturated rings. The predicted octanol–water partition coefficient (Wildman–Crippen LogP) is 3.29. The lowest BCUT2D eigenvalue weighted by Crippen LogP contribution is -2.20. The molecule has 2 aromatic rings. The van der Waals surface area contributed by atoms with Gasteiger partial charge in [-0.2, -0.15) is 0 Å². The summed E-state index contributed by atoms with van der Waals surface area (Å²) in [6.07, 6.45) is 0. The van der Waals surface area contributed by atoms with Gasteiger partial charge in [0.15, 0.2) is 0 Å². The number of nitrogens with two attached hydrogens (primary N) is 1. The highest BCUT2D eigenvalue weighted by atomic mass is 32.1. The summed E-state index contributed by atoms with van der Waals surface area (Å²) in [7, 11) is 0. The van der Waals surface area contributed by atoms with Crippen LogP contribution in [-0.4, -0.2) is 10.2 Å². The third kappa shape index (κ3) is 2.59. The Morgan fingerprint density at radius 3 is 2.68 bits per heavy atom. The smallest absolute Gasteiger partial charge is 0.284 e. The number of nitrogens with zero attached hydrogens (tertiary/aromatic N) is 1. The van der Waals surface area contributed by atoms with Crippen molar-refractivity contribution in [1.29, 1.82) is 0 Å². The molecule has 0 aliphatic rings. The second-order valence-electron chi connectivity index (χ2n) is 4.67. The van der Waals surface area contributed by atoms with Crippen LogP contribution in [0.3, 0.4) is 0 Å². The van der Waals surface area contributed by atoms with Crippen LogP contribution in [-0.2, 0) is 0 Å². The van der Waals surface area contributed by atoms with E-state index >= 15 is 0 Å². The lowest BCUT2D eigenvalue weighted by Gasteiger charge is -2.20. The Balaban J connectivity index is 2.42. The van der Waals surface area contributed by atoms with Gasteiger partial charge in [-0.1, -0.05) is 13.0 Å². The molecule has 0 amide bonds. The topological polar surface area (TPSA) is 67.8 Å². The molecule has 102 valence electrons. The summed E-state index contributed by atoms with van der Waals surface area (Å²) in [5.41, 5.74) is 8.60. The Labute approximate surface area is 115 Å². The predicted molar refractivity (Wildman–Crippen MR) is 72.9 cm³/mol. The average molecular weight is 281 g/mol. The highest BCUT2D eigenvalue weighted by Gasteiger charge is 2.25. The Hall–Kier alpha value is -1.53. The van der Waals surface area contributed by atoms with E-state index in [0.717, 1.165) is 11.1 Å². The van der Waals surface area contributed by atoms with E-state index in [9.17, 15) is 4.39 Å². The first-order valence-corrected chi connectivity index (χ1v) is 6.39. The van der Waals surface area contributed by atoms with Crippen molar-refractivity contribution in [1.82, 2.24) is 10.2 Å². The van der Waals surface area contributed by atoms with Gasteiger partial charge in [0, 0.05) is 5.92 Å². The van der Waals surface area contributed by atoms with Gasteiger partial charge in [0.1, 0.15) is 5.82 Å². The minimum absolute atomic E-state index is 0.166.